The lowest BCUT2D eigenvalue weighted by Gasteiger charge is -2.26. The van der Waals surface area contributed by atoms with E-state index in [1.807, 2.05) is 41.4 Å². The fraction of sp³-hybridized carbons (Fsp3) is 0.476. The zero-order valence-electron chi connectivity index (χ0n) is 16.2. The molecule has 1 aromatic heterocycles. The van der Waals surface area contributed by atoms with E-state index in [1.54, 1.807) is 0 Å². The van der Waals surface area contributed by atoms with Gasteiger partial charge in [-0.05, 0) is 29.7 Å². The highest BCUT2D eigenvalue weighted by molar-refractivity contribution is 6.31. The average Bonchev–Trinajstić information content (AvgIpc) is 3.00. The van der Waals surface area contributed by atoms with Crippen LogP contribution in [0.2, 0.25) is 5.02 Å². The van der Waals surface area contributed by atoms with Gasteiger partial charge in [-0.15, -0.1) is 0 Å². The van der Waals surface area contributed by atoms with Gasteiger partial charge in [0, 0.05) is 36.0 Å². The predicted octanol–water partition coefficient (Wildman–Crippen LogP) is 4.17. The number of amides is 1. The van der Waals surface area contributed by atoms with Crippen molar-refractivity contribution in [2.24, 2.45) is 5.92 Å². The number of benzene rings is 1. The smallest absolute Gasteiger partial charge is 0.236 e. The zero-order chi connectivity index (χ0) is 19.1. The first-order valence-corrected chi connectivity index (χ1v) is 9.63. The Labute approximate surface area is 162 Å². The van der Waals surface area contributed by atoms with E-state index in [9.17, 15) is 4.79 Å². The second-order valence-electron chi connectivity index (χ2n) is 7.42. The van der Waals surface area contributed by atoms with Crippen LogP contribution in [0.1, 0.15) is 39.0 Å². The molecule has 2 rings (SSSR count). The van der Waals surface area contributed by atoms with E-state index in [0.29, 0.717) is 31.6 Å². The van der Waals surface area contributed by atoms with E-state index in [0.717, 1.165) is 22.8 Å². The number of nitrogens with one attached hydrogen (secondary N) is 1. The number of halogens is 1. The molecule has 0 aliphatic carbocycles. The minimum absolute atomic E-state index is 0.137. The van der Waals surface area contributed by atoms with Gasteiger partial charge in [-0.1, -0.05) is 57.5 Å². The first-order chi connectivity index (χ1) is 12.4. The summed E-state index contributed by atoms with van der Waals surface area (Å²) < 4.78 is 2.16. The van der Waals surface area contributed by atoms with Gasteiger partial charge in [-0.3, -0.25) is 4.79 Å². The van der Waals surface area contributed by atoms with Crippen molar-refractivity contribution in [3.63, 3.8) is 0 Å². The molecule has 0 aliphatic rings. The summed E-state index contributed by atoms with van der Waals surface area (Å²) in [4.78, 5) is 14.6. The van der Waals surface area contributed by atoms with Crippen molar-refractivity contribution in [2.75, 3.05) is 13.1 Å². The molecule has 0 spiro atoms. The maximum atomic E-state index is 12.7. The fourth-order valence-corrected chi connectivity index (χ4v) is 3.05. The highest BCUT2D eigenvalue weighted by Gasteiger charge is 2.17. The molecule has 0 saturated carbocycles. The number of rotatable bonds is 9. The topological polar surface area (TPSA) is 37.3 Å². The minimum atomic E-state index is 0.137. The first-order valence-electron chi connectivity index (χ1n) is 9.25. The fourth-order valence-electron chi connectivity index (χ4n) is 2.85. The van der Waals surface area contributed by atoms with Crippen molar-refractivity contribution in [1.82, 2.24) is 14.8 Å². The van der Waals surface area contributed by atoms with Gasteiger partial charge >= 0.3 is 0 Å². The molecule has 142 valence electrons. The summed E-state index contributed by atoms with van der Waals surface area (Å²) in [6, 6.07) is 12.3. The number of carbonyl (C=O) groups excluding carboxylic acids is 1. The van der Waals surface area contributed by atoms with Crippen LogP contribution in [0.3, 0.4) is 0 Å². The van der Waals surface area contributed by atoms with Gasteiger partial charge in [-0.25, -0.2) is 0 Å². The van der Waals surface area contributed by atoms with Gasteiger partial charge in [0.15, 0.2) is 0 Å². The van der Waals surface area contributed by atoms with E-state index in [4.69, 9.17) is 11.6 Å². The van der Waals surface area contributed by atoms with Gasteiger partial charge < -0.3 is 14.8 Å². The Balaban J connectivity index is 2.12. The summed E-state index contributed by atoms with van der Waals surface area (Å²) in [5, 5.41) is 3.99. The third-order valence-corrected chi connectivity index (χ3v) is 4.54. The first kappa shape index (κ1) is 20.5. The molecule has 1 heterocycles. The van der Waals surface area contributed by atoms with Crippen molar-refractivity contribution >= 4 is 17.5 Å². The Bertz CT molecular complexity index is 709. The summed E-state index contributed by atoms with van der Waals surface area (Å²) >= 11 is 6.30. The Kier molecular flexibility index (Phi) is 7.73. The summed E-state index contributed by atoms with van der Waals surface area (Å²) in [6.07, 6.45) is 2.04. The van der Waals surface area contributed by atoms with E-state index in [2.05, 4.69) is 43.6 Å². The molecule has 0 bridgehead atoms. The molecule has 1 aromatic carbocycles. The van der Waals surface area contributed by atoms with Gasteiger partial charge in [0.2, 0.25) is 5.91 Å². The SMILES string of the molecule is CC(C)CN(Cc1cccn1Cc1ccccc1Cl)C(=O)CNC(C)C. The Morgan fingerprint density at radius 1 is 1.15 bits per heavy atom. The lowest BCUT2D eigenvalue weighted by molar-refractivity contribution is -0.131. The van der Waals surface area contributed by atoms with Crippen LogP contribution < -0.4 is 5.32 Å². The molecular formula is C21H30ClN3O. The van der Waals surface area contributed by atoms with Crippen molar-refractivity contribution in [1.29, 1.82) is 0 Å². The molecule has 0 saturated heterocycles. The number of hydrogen-bond acceptors (Lipinski definition) is 2. The molecule has 26 heavy (non-hydrogen) atoms. The lowest BCUT2D eigenvalue weighted by Crippen LogP contribution is -2.41. The molecule has 1 amide bonds. The highest BCUT2D eigenvalue weighted by atomic mass is 35.5. The van der Waals surface area contributed by atoms with Crippen LogP contribution in [0.5, 0.6) is 0 Å². The summed E-state index contributed by atoms with van der Waals surface area (Å²) in [5.74, 6) is 0.558. The maximum Gasteiger partial charge on any atom is 0.236 e. The van der Waals surface area contributed by atoms with Crippen molar-refractivity contribution < 1.29 is 4.79 Å². The third-order valence-electron chi connectivity index (χ3n) is 4.17. The van der Waals surface area contributed by atoms with Crippen LogP contribution in [-0.2, 0) is 17.9 Å². The Hall–Kier alpha value is -1.78. The standard InChI is InChI=1S/C21H30ClN3O/c1-16(2)13-25(21(26)12-23-17(3)4)15-19-9-7-11-24(19)14-18-8-5-6-10-20(18)22/h5-11,16-17,23H,12-15H2,1-4H3. The van der Waals surface area contributed by atoms with Crippen LogP contribution in [0.15, 0.2) is 42.6 Å². The van der Waals surface area contributed by atoms with Crippen LogP contribution in [-0.4, -0.2) is 34.5 Å². The molecule has 0 radical (unpaired) electrons. The van der Waals surface area contributed by atoms with E-state index in [-0.39, 0.29) is 5.91 Å². The Morgan fingerprint density at radius 3 is 2.54 bits per heavy atom. The second kappa shape index (κ2) is 9.79. The molecule has 4 nitrogen and oxygen atoms in total. The maximum absolute atomic E-state index is 12.7. The average molecular weight is 376 g/mol. The normalized spacial score (nSPS) is 11.3. The Morgan fingerprint density at radius 2 is 1.88 bits per heavy atom. The monoisotopic (exact) mass is 375 g/mol. The van der Waals surface area contributed by atoms with Crippen molar-refractivity contribution in [3.05, 3.63) is 58.9 Å². The van der Waals surface area contributed by atoms with E-state index in [1.165, 1.54) is 0 Å². The van der Waals surface area contributed by atoms with Crippen molar-refractivity contribution in [2.45, 2.75) is 46.8 Å². The van der Waals surface area contributed by atoms with E-state index < -0.39 is 0 Å². The third kappa shape index (κ3) is 6.19. The molecule has 0 aliphatic heterocycles. The second-order valence-corrected chi connectivity index (χ2v) is 7.83. The van der Waals surface area contributed by atoms with Crippen LogP contribution in [0, 0.1) is 5.92 Å². The van der Waals surface area contributed by atoms with Crippen LogP contribution >= 0.6 is 11.6 Å². The molecule has 2 aromatic rings. The van der Waals surface area contributed by atoms with Crippen LogP contribution in [0.4, 0.5) is 0 Å². The quantitative estimate of drug-likeness (QED) is 0.714. The molecule has 5 heteroatoms. The number of aromatic nitrogens is 1. The summed E-state index contributed by atoms with van der Waals surface area (Å²) in [6.45, 7) is 10.8. The molecule has 0 unspecified atom stereocenters. The molecule has 0 fully saturated rings. The van der Waals surface area contributed by atoms with Crippen LogP contribution in [0.25, 0.3) is 0 Å². The summed E-state index contributed by atoms with van der Waals surface area (Å²) in [7, 11) is 0. The van der Waals surface area contributed by atoms with E-state index >= 15 is 0 Å². The summed E-state index contributed by atoms with van der Waals surface area (Å²) in [5.41, 5.74) is 2.19. The van der Waals surface area contributed by atoms with Gasteiger partial charge in [-0.2, -0.15) is 0 Å². The lowest BCUT2D eigenvalue weighted by atomic mass is 10.2. The predicted molar refractivity (Wildman–Crippen MR) is 108 cm³/mol. The van der Waals surface area contributed by atoms with Gasteiger partial charge in [0.25, 0.3) is 0 Å². The molecule has 0 atom stereocenters. The largest absolute Gasteiger partial charge is 0.345 e. The van der Waals surface area contributed by atoms with Gasteiger partial charge in [0.1, 0.15) is 0 Å². The van der Waals surface area contributed by atoms with Gasteiger partial charge in [0.05, 0.1) is 13.1 Å². The highest BCUT2D eigenvalue weighted by Crippen LogP contribution is 2.18. The van der Waals surface area contributed by atoms with Crippen molar-refractivity contribution in [3.8, 4) is 0 Å². The zero-order valence-corrected chi connectivity index (χ0v) is 17.0. The molecular weight excluding hydrogens is 346 g/mol. The number of nitrogens with zero attached hydrogens (tertiary/aromatic N) is 2. The minimum Gasteiger partial charge on any atom is -0.345 e. The number of hydrogen-bond donors (Lipinski definition) is 1. The molecule has 1 N–H and O–H groups in total. The number of carbonyl (C=O) groups is 1.